The summed E-state index contributed by atoms with van der Waals surface area (Å²) in [7, 11) is 3.35. The molecule has 0 bridgehead atoms. The second-order valence-electron chi connectivity index (χ2n) is 9.57. The first-order chi connectivity index (χ1) is 19.1. The van der Waals surface area contributed by atoms with E-state index in [0.717, 1.165) is 43.1 Å². The topological polar surface area (TPSA) is 114 Å². The maximum Gasteiger partial charge on any atom is 0.271 e. The number of aldehydes is 1. The van der Waals surface area contributed by atoms with Crippen molar-refractivity contribution in [3.05, 3.63) is 64.0 Å². The number of fused-ring (bicyclic) bond motifs is 1. The summed E-state index contributed by atoms with van der Waals surface area (Å²) in [4.78, 5) is 48.6. The van der Waals surface area contributed by atoms with Crippen molar-refractivity contribution in [1.82, 2.24) is 24.4 Å². The Morgan fingerprint density at radius 3 is 2.41 bits per heavy atom. The number of hydrogen-bond acceptors (Lipinski definition) is 9. The Kier molecular flexibility index (Phi) is 13.9. The second kappa shape index (κ2) is 16.3. The number of carbonyl (C=O) groups excluding carboxylic acids is 2. The summed E-state index contributed by atoms with van der Waals surface area (Å²) in [5.41, 5.74) is 2.50. The van der Waals surface area contributed by atoms with Crippen molar-refractivity contribution in [3.63, 3.8) is 0 Å². The molecule has 1 aromatic heterocycles. The van der Waals surface area contributed by atoms with E-state index in [-0.39, 0.29) is 50.7 Å². The molecule has 1 radical (unpaired) electrons. The fourth-order valence-corrected chi connectivity index (χ4v) is 4.63. The summed E-state index contributed by atoms with van der Waals surface area (Å²) < 4.78 is 2.14. The molecule has 0 saturated heterocycles. The Morgan fingerprint density at radius 2 is 1.83 bits per heavy atom. The number of non-ortho nitro benzene ring substituents is 1. The summed E-state index contributed by atoms with van der Waals surface area (Å²) in [5.74, 6) is 1.11. The van der Waals surface area contributed by atoms with Crippen molar-refractivity contribution < 1.29 is 52.1 Å². The number of nitro groups is 1. The van der Waals surface area contributed by atoms with Gasteiger partial charge in [0.2, 0.25) is 5.91 Å². The smallest absolute Gasteiger partial charge is 0.271 e. The number of benzene rings is 2. The van der Waals surface area contributed by atoms with Crippen LogP contribution in [0.1, 0.15) is 38.6 Å². The van der Waals surface area contributed by atoms with Crippen LogP contribution < -0.4 is 4.84 Å². The molecule has 0 aliphatic heterocycles. The number of likely N-dealkylation sites (N-methyl/N-ethyl adjacent to an activating group) is 1. The van der Waals surface area contributed by atoms with Crippen LogP contribution in [0.5, 0.6) is 5.75 Å². The third-order valence-corrected chi connectivity index (χ3v) is 7.51. The molecule has 3 aromatic rings. The number of hydrogen-bond donors (Lipinski definition) is 0. The zero-order chi connectivity index (χ0) is 29.4. The van der Waals surface area contributed by atoms with E-state index in [9.17, 15) is 19.7 Å². The minimum absolute atomic E-state index is 0. The van der Waals surface area contributed by atoms with E-state index >= 15 is 0 Å². The van der Waals surface area contributed by atoms with Gasteiger partial charge in [-0.1, -0.05) is 31.2 Å². The van der Waals surface area contributed by atoms with E-state index in [1.54, 1.807) is 25.2 Å². The minimum Gasteiger partial charge on any atom is -0.779 e. The van der Waals surface area contributed by atoms with Gasteiger partial charge in [0.05, 0.1) is 16.0 Å². The first kappa shape index (κ1) is 34.8. The number of amides is 1. The molecule has 219 valence electrons. The van der Waals surface area contributed by atoms with Gasteiger partial charge in [-0.25, -0.2) is 4.98 Å². The molecule has 3 rings (SSSR count). The number of imidazole rings is 1. The fourth-order valence-electron chi connectivity index (χ4n) is 4.38. The Balaban J connectivity index is 0.00000588. The predicted octanol–water partition coefficient (Wildman–Crippen LogP) is 3.41. The molecule has 41 heavy (non-hydrogen) atoms. The van der Waals surface area contributed by atoms with Gasteiger partial charge in [-0.3, -0.25) is 14.9 Å². The maximum atomic E-state index is 12.4. The van der Waals surface area contributed by atoms with Gasteiger partial charge in [-0.15, -0.1) is 5.06 Å². The third kappa shape index (κ3) is 9.05. The van der Waals surface area contributed by atoms with Crippen LogP contribution in [0, 0.1) is 10.1 Å². The van der Waals surface area contributed by atoms with Crippen LogP contribution in [0.25, 0.3) is 11.0 Å². The Labute approximate surface area is 271 Å². The van der Waals surface area contributed by atoms with Gasteiger partial charge in [-0.05, 0) is 50.2 Å². The van der Waals surface area contributed by atoms with Crippen molar-refractivity contribution in [2.75, 3.05) is 33.7 Å². The molecule has 1 heterocycles. The molecule has 2 unspecified atom stereocenters. The van der Waals surface area contributed by atoms with Crippen LogP contribution in [0.15, 0.2) is 42.5 Å². The minimum atomic E-state index is -0.806. The van der Waals surface area contributed by atoms with Crippen LogP contribution in [0.4, 0.5) is 5.69 Å². The van der Waals surface area contributed by atoms with Crippen molar-refractivity contribution in [3.8, 4) is 5.75 Å². The van der Waals surface area contributed by atoms with E-state index in [1.807, 2.05) is 31.2 Å². The van der Waals surface area contributed by atoms with Crippen molar-refractivity contribution in [2.24, 2.45) is 0 Å². The number of nitrogens with zero attached hydrogens (tertiary/aromatic N) is 6. The van der Waals surface area contributed by atoms with Crippen LogP contribution in [-0.2, 0) is 67.9 Å². The Morgan fingerprint density at radius 1 is 1.17 bits per heavy atom. The number of rotatable bonds is 15. The number of nitro benzene ring substituents is 1. The predicted molar refractivity (Wildman–Crippen MR) is 156 cm³/mol. The molecule has 11 nitrogen and oxygen atoms in total. The second-order valence-corrected chi connectivity index (χ2v) is 10.1. The molecule has 2 atom stereocenters. The molecule has 0 aliphatic carbocycles. The maximum absolute atomic E-state index is 12.4. The van der Waals surface area contributed by atoms with Crippen LogP contribution in [-0.4, -0.2) is 86.7 Å². The van der Waals surface area contributed by atoms with E-state index < -0.39 is 16.3 Å². The van der Waals surface area contributed by atoms with E-state index in [0.29, 0.717) is 24.0 Å². The van der Waals surface area contributed by atoms with Gasteiger partial charge in [0.1, 0.15) is 24.0 Å². The average Bonchev–Trinajstić information content (AvgIpc) is 3.29. The zero-order valence-corrected chi connectivity index (χ0v) is 27.9. The molecule has 0 N–H and O–H groups in total. The Bertz CT molecular complexity index is 1320. The first-order valence-electron chi connectivity index (χ1n) is 13.3. The van der Waals surface area contributed by atoms with Gasteiger partial charge in [-0.2, -0.15) is 0 Å². The monoisotopic (exact) mass is 658 g/mol. The number of aromatic nitrogens is 2. The van der Waals surface area contributed by atoms with E-state index in [1.165, 1.54) is 17.0 Å². The molecular formula is C28H37N6O5SY-. The number of hydroxylamine groups is 2. The largest absolute Gasteiger partial charge is 0.779 e. The molecular weight excluding hydrogens is 621 g/mol. The van der Waals surface area contributed by atoms with Crippen molar-refractivity contribution in [1.29, 1.82) is 0 Å². The van der Waals surface area contributed by atoms with Gasteiger partial charge in [0.25, 0.3) is 5.69 Å². The number of carbonyl (C=O) groups is 2. The van der Waals surface area contributed by atoms with Gasteiger partial charge in [0, 0.05) is 78.4 Å². The summed E-state index contributed by atoms with van der Waals surface area (Å²) >= 11 is 5.11. The van der Waals surface area contributed by atoms with Gasteiger partial charge >= 0.3 is 0 Å². The van der Waals surface area contributed by atoms with Crippen LogP contribution in [0.2, 0.25) is 0 Å². The standard InChI is InChI=1S/C28H38N6O5S.Y/c1-6-32(7-2)15-16-33-25-13-10-22(34(37)38)19-24(25)29-27(33)18-21-8-11-23(12-9-21)39-31(5)20(3)30(4)28(36)26(40)14-17-35;/h8-13,17,19-20,26,40H,6-7,14-16,18H2,1-5H3;/p-1. The molecule has 0 fully saturated rings. The molecule has 2 aromatic carbocycles. The quantitative estimate of drug-likeness (QED) is 0.0797. The van der Waals surface area contributed by atoms with E-state index in [4.69, 9.17) is 22.5 Å². The summed E-state index contributed by atoms with van der Waals surface area (Å²) in [6.45, 7) is 9.51. The normalized spacial score (nSPS) is 12.7. The van der Waals surface area contributed by atoms with Crippen LogP contribution in [0.3, 0.4) is 0 Å². The zero-order valence-electron chi connectivity index (χ0n) is 24.2. The summed E-state index contributed by atoms with van der Waals surface area (Å²) in [6, 6.07) is 12.4. The Hall–Kier alpha value is -2.38. The van der Waals surface area contributed by atoms with Crippen LogP contribution >= 0.6 is 0 Å². The molecule has 13 heteroatoms. The van der Waals surface area contributed by atoms with Crippen molar-refractivity contribution >= 4 is 41.5 Å². The molecule has 0 spiro atoms. The summed E-state index contributed by atoms with van der Waals surface area (Å²) in [5, 5.41) is 12.1. The van der Waals surface area contributed by atoms with E-state index in [2.05, 4.69) is 23.3 Å². The molecule has 0 saturated carbocycles. The molecule has 1 amide bonds. The first-order valence-corrected chi connectivity index (χ1v) is 13.8. The SMILES string of the molecule is CCN(CC)CCn1c(Cc2ccc(ON(C)C(C)N(C)C(=O)C([S-])CC=O)cc2)nc2cc([N+](=O)[O-])ccc21.[Y]. The van der Waals surface area contributed by atoms with Gasteiger partial charge < -0.3 is 36.6 Å². The third-order valence-electron chi connectivity index (χ3n) is 7.11. The summed E-state index contributed by atoms with van der Waals surface area (Å²) in [6.07, 6.45) is 0.776. The molecule has 0 aliphatic rings. The van der Waals surface area contributed by atoms with Gasteiger partial charge in [0.15, 0.2) is 0 Å². The fraction of sp³-hybridized carbons (Fsp3) is 0.464. The average molecular weight is 659 g/mol. The van der Waals surface area contributed by atoms with Crippen molar-refractivity contribution in [2.45, 2.75) is 51.6 Å².